The zero-order valence-electron chi connectivity index (χ0n) is 11.6. The summed E-state index contributed by atoms with van der Waals surface area (Å²) in [6.45, 7) is 2.32. The molecule has 0 saturated carbocycles. The van der Waals surface area contributed by atoms with Gasteiger partial charge in [0.2, 0.25) is 0 Å². The van der Waals surface area contributed by atoms with Crippen molar-refractivity contribution in [1.82, 2.24) is 0 Å². The Labute approximate surface area is 119 Å². The van der Waals surface area contributed by atoms with Crippen molar-refractivity contribution >= 4 is 5.97 Å². The van der Waals surface area contributed by atoms with Crippen LogP contribution < -0.4 is 5.73 Å². The van der Waals surface area contributed by atoms with E-state index in [0.29, 0.717) is 5.56 Å². The van der Waals surface area contributed by atoms with E-state index in [9.17, 15) is 4.79 Å². The lowest BCUT2D eigenvalue weighted by atomic mass is 10.0. The third kappa shape index (κ3) is 3.68. The van der Waals surface area contributed by atoms with Crippen LogP contribution in [0.4, 0.5) is 0 Å². The Morgan fingerprint density at radius 3 is 2.35 bits per heavy atom. The summed E-state index contributed by atoms with van der Waals surface area (Å²) in [5.74, 6) is -0.314. The van der Waals surface area contributed by atoms with Crippen molar-refractivity contribution < 1.29 is 9.53 Å². The third-order valence-corrected chi connectivity index (χ3v) is 3.23. The molecule has 0 fully saturated rings. The first-order valence-corrected chi connectivity index (χ1v) is 6.77. The molecule has 2 rings (SSSR count). The molecule has 2 N–H and O–H groups in total. The van der Waals surface area contributed by atoms with E-state index in [-0.39, 0.29) is 18.6 Å². The van der Waals surface area contributed by atoms with Crippen LogP contribution in [0.5, 0.6) is 0 Å². The Bertz CT molecular complexity index is 549. The molecule has 2 aromatic rings. The quantitative estimate of drug-likeness (QED) is 0.846. The molecule has 0 saturated heterocycles. The highest BCUT2D eigenvalue weighted by Gasteiger charge is 2.09. The van der Waals surface area contributed by atoms with Gasteiger partial charge in [-0.1, -0.05) is 49.4 Å². The fourth-order valence-corrected chi connectivity index (χ4v) is 1.91. The number of ether oxygens (including phenoxy) is 1. The molecule has 0 amide bonds. The Morgan fingerprint density at radius 1 is 1.10 bits per heavy atom. The lowest BCUT2D eigenvalue weighted by Crippen LogP contribution is -2.09. The summed E-state index contributed by atoms with van der Waals surface area (Å²) in [5, 5.41) is 0. The van der Waals surface area contributed by atoms with Crippen molar-refractivity contribution in [3.8, 4) is 0 Å². The molecule has 0 spiro atoms. The Kier molecular flexibility index (Phi) is 4.91. The normalized spacial score (nSPS) is 11.9. The van der Waals surface area contributed by atoms with Crippen molar-refractivity contribution in [1.29, 1.82) is 0 Å². The largest absolute Gasteiger partial charge is 0.457 e. The van der Waals surface area contributed by atoms with E-state index in [1.54, 1.807) is 12.1 Å². The predicted molar refractivity (Wildman–Crippen MR) is 79.2 cm³/mol. The van der Waals surface area contributed by atoms with Gasteiger partial charge in [-0.05, 0) is 29.7 Å². The maximum atomic E-state index is 11.9. The molecule has 2 aromatic carbocycles. The second kappa shape index (κ2) is 6.87. The highest BCUT2D eigenvalue weighted by molar-refractivity contribution is 5.89. The summed E-state index contributed by atoms with van der Waals surface area (Å²) in [6.07, 6.45) is 0.873. The summed E-state index contributed by atoms with van der Waals surface area (Å²) in [6, 6.07) is 16.9. The van der Waals surface area contributed by atoms with Gasteiger partial charge in [-0.3, -0.25) is 0 Å². The van der Waals surface area contributed by atoms with Gasteiger partial charge in [0.15, 0.2) is 0 Å². The summed E-state index contributed by atoms with van der Waals surface area (Å²) < 4.78 is 5.27. The van der Waals surface area contributed by atoms with Crippen LogP contribution in [-0.4, -0.2) is 5.97 Å². The van der Waals surface area contributed by atoms with Crippen LogP contribution in [0.15, 0.2) is 54.6 Å². The SMILES string of the molecule is CCC(N)c1ccc(C(=O)OCc2ccccc2)cc1. The number of rotatable bonds is 5. The number of nitrogens with two attached hydrogens (primary N) is 1. The van der Waals surface area contributed by atoms with Crippen LogP contribution >= 0.6 is 0 Å². The number of esters is 1. The van der Waals surface area contributed by atoms with Crippen molar-refractivity contribution in [3.63, 3.8) is 0 Å². The number of benzene rings is 2. The topological polar surface area (TPSA) is 52.3 Å². The minimum atomic E-state index is -0.314. The summed E-state index contributed by atoms with van der Waals surface area (Å²) in [5.41, 5.74) is 8.50. The highest BCUT2D eigenvalue weighted by atomic mass is 16.5. The van der Waals surface area contributed by atoms with Crippen LogP contribution in [0.3, 0.4) is 0 Å². The molecule has 1 unspecified atom stereocenters. The van der Waals surface area contributed by atoms with Crippen molar-refractivity contribution in [3.05, 3.63) is 71.3 Å². The van der Waals surface area contributed by atoms with Gasteiger partial charge in [0.05, 0.1) is 5.56 Å². The van der Waals surface area contributed by atoms with Gasteiger partial charge < -0.3 is 10.5 Å². The summed E-state index contributed by atoms with van der Waals surface area (Å²) in [4.78, 5) is 11.9. The maximum Gasteiger partial charge on any atom is 0.338 e. The van der Waals surface area contributed by atoms with Crippen LogP contribution in [0.25, 0.3) is 0 Å². The number of carbonyl (C=O) groups is 1. The standard InChI is InChI=1S/C17H19NO2/c1-2-16(18)14-8-10-15(11-9-14)17(19)20-12-13-6-4-3-5-7-13/h3-11,16H,2,12,18H2,1H3. The smallest absolute Gasteiger partial charge is 0.338 e. The highest BCUT2D eigenvalue weighted by Crippen LogP contribution is 2.15. The Hall–Kier alpha value is -2.13. The predicted octanol–water partition coefficient (Wildman–Crippen LogP) is 3.45. The fourth-order valence-electron chi connectivity index (χ4n) is 1.91. The van der Waals surface area contributed by atoms with Gasteiger partial charge in [-0.25, -0.2) is 4.79 Å². The molecule has 0 aliphatic carbocycles. The first-order chi connectivity index (χ1) is 9.70. The minimum Gasteiger partial charge on any atom is -0.457 e. The van der Waals surface area contributed by atoms with Crippen LogP contribution in [-0.2, 0) is 11.3 Å². The van der Waals surface area contributed by atoms with E-state index in [1.165, 1.54) is 0 Å². The second-order valence-electron chi connectivity index (χ2n) is 4.70. The van der Waals surface area contributed by atoms with Crippen molar-refractivity contribution in [2.24, 2.45) is 5.73 Å². The molecule has 0 heterocycles. The van der Waals surface area contributed by atoms with Crippen LogP contribution in [0, 0.1) is 0 Å². The zero-order chi connectivity index (χ0) is 14.4. The number of hydrogen-bond acceptors (Lipinski definition) is 3. The summed E-state index contributed by atoms with van der Waals surface area (Å²) >= 11 is 0. The van der Waals surface area contributed by atoms with Gasteiger partial charge in [0.25, 0.3) is 0 Å². The third-order valence-electron chi connectivity index (χ3n) is 3.23. The van der Waals surface area contributed by atoms with Gasteiger partial charge in [-0.2, -0.15) is 0 Å². The molecule has 0 bridgehead atoms. The summed E-state index contributed by atoms with van der Waals surface area (Å²) in [7, 11) is 0. The Morgan fingerprint density at radius 2 is 1.75 bits per heavy atom. The zero-order valence-corrected chi connectivity index (χ0v) is 11.6. The molecular formula is C17H19NO2. The van der Waals surface area contributed by atoms with E-state index in [4.69, 9.17) is 10.5 Å². The molecule has 3 heteroatoms. The average molecular weight is 269 g/mol. The van der Waals surface area contributed by atoms with Crippen molar-refractivity contribution in [2.45, 2.75) is 26.0 Å². The first-order valence-electron chi connectivity index (χ1n) is 6.77. The fraction of sp³-hybridized carbons (Fsp3) is 0.235. The van der Waals surface area contributed by atoms with Crippen LogP contribution in [0.2, 0.25) is 0 Å². The van der Waals surface area contributed by atoms with E-state index in [0.717, 1.165) is 17.5 Å². The van der Waals surface area contributed by atoms with E-state index >= 15 is 0 Å². The molecule has 1 atom stereocenters. The van der Waals surface area contributed by atoms with E-state index < -0.39 is 0 Å². The maximum absolute atomic E-state index is 11.9. The monoisotopic (exact) mass is 269 g/mol. The van der Waals surface area contributed by atoms with Gasteiger partial charge in [0.1, 0.15) is 6.61 Å². The number of carbonyl (C=O) groups excluding carboxylic acids is 1. The number of hydrogen-bond donors (Lipinski definition) is 1. The molecular weight excluding hydrogens is 250 g/mol. The Balaban J connectivity index is 1.96. The lowest BCUT2D eigenvalue weighted by molar-refractivity contribution is 0.0472. The molecule has 0 radical (unpaired) electrons. The van der Waals surface area contributed by atoms with Crippen molar-refractivity contribution in [2.75, 3.05) is 0 Å². The molecule has 0 aliphatic heterocycles. The van der Waals surface area contributed by atoms with Gasteiger partial charge in [-0.15, -0.1) is 0 Å². The molecule has 0 aliphatic rings. The molecule has 3 nitrogen and oxygen atoms in total. The van der Waals surface area contributed by atoms with Crippen LogP contribution in [0.1, 0.15) is 40.9 Å². The van der Waals surface area contributed by atoms with E-state index in [1.807, 2.05) is 49.4 Å². The molecule has 20 heavy (non-hydrogen) atoms. The minimum absolute atomic E-state index is 0.0180. The second-order valence-corrected chi connectivity index (χ2v) is 4.70. The lowest BCUT2D eigenvalue weighted by Gasteiger charge is -2.10. The molecule has 104 valence electrons. The van der Waals surface area contributed by atoms with Gasteiger partial charge >= 0.3 is 5.97 Å². The average Bonchev–Trinajstić information content (AvgIpc) is 2.53. The first kappa shape index (κ1) is 14.3. The molecule has 0 aromatic heterocycles. The van der Waals surface area contributed by atoms with Gasteiger partial charge in [0, 0.05) is 6.04 Å². The van der Waals surface area contributed by atoms with E-state index in [2.05, 4.69) is 0 Å².